The van der Waals surface area contributed by atoms with Crippen LogP contribution in [0.25, 0.3) is 22.3 Å². The number of halogens is 8. The molecular weight excluding hydrogens is 913 g/mol. The van der Waals surface area contributed by atoms with E-state index < -0.39 is 44.7 Å². The van der Waals surface area contributed by atoms with Crippen LogP contribution in [0.5, 0.6) is 0 Å². The minimum absolute atomic E-state index is 0. The maximum Gasteiger partial charge on any atom is -1.00 e. The Kier molecular flexibility index (Phi) is 12.9. The van der Waals surface area contributed by atoms with Gasteiger partial charge in [-0.3, -0.25) is 0 Å². The van der Waals surface area contributed by atoms with Crippen molar-refractivity contribution in [2.75, 3.05) is 0 Å². The molecule has 0 saturated carbocycles. The van der Waals surface area contributed by atoms with E-state index in [-0.39, 0.29) is 50.6 Å². The fourth-order valence-corrected chi connectivity index (χ4v) is 20.0. The van der Waals surface area contributed by atoms with Crippen molar-refractivity contribution in [1.82, 2.24) is 0 Å². The van der Waals surface area contributed by atoms with E-state index in [0.29, 0.717) is 11.1 Å². The Morgan fingerprint density at radius 2 is 1.05 bits per heavy atom. The fourth-order valence-electron chi connectivity index (χ4n) is 10.4. The summed E-state index contributed by atoms with van der Waals surface area (Å²) >= 11 is -3.70. The monoisotopic (exact) mass is 964 g/mol. The molecule has 1 atom stereocenters. The molecule has 4 aromatic rings. The molecule has 9 heteroatoms. The third-order valence-electron chi connectivity index (χ3n) is 13.4. The standard InChI is InChI=1S/C25H25.C15H8F6.C13H21.2ClH.Zr/c1-14-12-24(3,4)22-8-16-7-17-9-23-19(15(2)13-25(23,5)6)11-21(17)20(16)10-18(14)22;16-14(17,18)12-5-1-10(2-6-12)9-11-3-7-13(8-4-11)15(19,20)21;1-5-6-7-11-8-9-12(10-11)13(2,3)4;;;/h7-13H,1-6H3;1-8H;9-11H,5-7H2,1-4H3;2*1H;/q;;;;;+2/p-2. The van der Waals surface area contributed by atoms with Gasteiger partial charge >= 0.3 is 361 Å². The van der Waals surface area contributed by atoms with Gasteiger partial charge in [0.2, 0.25) is 0 Å². The minimum atomic E-state index is -4.54. The quantitative estimate of drug-likeness (QED) is 0.162. The van der Waals surface area contributed by atoms with E-state index in [4.69, 9.17) is 0 Å². The number of fused-ring (bicyclic) bond motifs is 5. The summed E-state index contributed by atoms with van der Waals surface area (Å²) in [5.74, 6) is 0.101. The number of unbranched alkanes of at least 4 members (excludes halogenated alkanes) is 1. The van der Waals surface area contributed by atoms with Crippen molar-refractivity contribution in [2.24, 2.45) is 11.3 Å². The van der Waals surface area contributed by atoms with Crippen molar-refractivity contribution in [3.8, 4) is 11.1 Å². The molecule has 4 aliphatic carbocycles. The zero-order valence-electron chi connectivity index (χ0n) is 37.0. The van der Waals surface area contributed by atoms with Crippen LogP contribution in [0, 0.1) is 11.3 Å². The van der Waals surface area contributed by atoms with E-state index in [1.165, 1.54) is 64.5 Å². The van der Waals surface area contributed by atoms with E-state index in [2.05, 4.69) is 118 Å². The van der Waals surface area contributed by atoms with E-state index in [0.717, 1.165) is 46.7 Å². The number of allylic oxidation sites excluding steroid dienone is 8. The van der Waals surface area contributed by atoms with Gasteiger partial charge in [0.1, 0.15) is 0 Å². The first-order valence-electron chi connectivity index (χ1n) is 21.2. The number of alkyl halides is 6. The van der Waals surface area contributed by atoms with Crippen LogP contribution in [0.3, 0.4) is 0 Å². The van der Waals surface area contributed by atoms with Crippen LogP contribution in [-0.2, 0) is 44.4 Å². The van der Waals surface area contributed by atoms with Crippen molar-refractivity contribution in [3.63, 3.8) is 0 Å². The van der Waals surface area contributed by atoms with Crippen LogP contribution in [0.2, 0.25) is 0 Å². The minimum Gasteiger partial charge on any atom is -1.00 e. The van der Waals surface area contributed by atoms with Gasteiger partial charge in [-0.05, 0) is 0 Å². The fraction of sp³-hybridized carbons (Fsp3) is 0.377. The molecule has 0 heterocycles. The first-order chi connectivity index (χ1) is 27.9. The molecule has 8 rings (SSSR count). The van der Waals surface area contributed by atoms with Gasteiger partial charge in [-0.15, -0.1) is 0 Å². The smallest absolute Gasteiger partial charge is 1.00 e. The normalized spacial score (nSPS) is 18.2. The van der Waals surface area contributed by atoms with Gasteiger partial charge in [0, 0.05) is 0 Å². The summed E-state index contributed by atoms with van der Waals surface area (Å²) in [6.45, 7) is 22.2. The molecule has 0 spiro atoms. The zero-order chi connectivity index (χ0) is 43.5. The Hall–Kier alpha value is -3.25. The molecular formula is C53H54Cl2F6Zr. The van der Waals surface area contributed by atoms with E-state index in [1.807, 2.05) is 0 Å². The summed E-state index contributed by atoms with van der Waals surface area (Å²) < 4.78 is 87.2. The molecule has 0 fully saturated rings. The molecule has 0 amide bonds. The molecule has 4 aliphatic rings. The molecule has 0 N–H and O–H groups in total. The van der Waals surface area contributed by atoms with Crippen molar-refractivity contribution < 1.29 is 72.4 Å². The second-order valence-electron chi connectivity index (χ2n) is 19.7. The van der Waals surface area contributed by atoms with Crippen molar-refractivity contribution in [1.29, 1.82) is 0 Å². The maximum absolute atomic E-state index is 14.2. The third-order valence-corrected chi connectivity index (χ3v) is 21.9. The predicted octanol–water partition coefficient (Wildman–Crippen LogP) is 9.75. The Morgan fingerprint density at radius 3 is 1.42 bits per heavy atom. The molecule has 0 bridgehead atoms. The van der Waals surface area contributed by atoms with Crippen molar-refractivity contribution in [2.45, 2.75) is 115 Å². The van der Waals surface area contributed by atoms with E-state index in [9.17, 15) is 26.3 Å². The first kappa shape index (κ1) is 48.2. The average molecular weight is 967 g/mol. The van der Waals surface area contributed by atoms with Gasteiger partial charge in [0.05, 0.1) is 0 Å². The summed E-state index contributed by atoms with van der Waals surface area (Å²) in [6.07, 6.45) is 3.36. The molecule has 0 saturated heterocycles. The van der Waals surface area contributed by atoms with Crippen LogP contribution in [0.4, 0.5) is 26.3 Å². The molecule has 326 valence electrons. The molecule has 0 aliphatic heterocycles. The number of hydrogen-bond acceptors (Lipinski definition) is 0. The average Bonchev–Trinajstić information content (AvgIpc) is 3.85. The Labute approximate surface area is 383 Å². The van der Waals surface area contributed by atoms with Crippen LogP contribution in [0.15, 0.2) is 106 Å². The van der Waals surface area contributed by atoms with E-state index in [1.54, 1.807) is 24.3 Å². The van der Waals surface area contributed by atoms with Gasteiger partial charge in [0.15, 0.2) is 0 Å². The Morgan fingerprint density at radius 1 is 0.629 bits per heavy atom. The summed E-state index contributed by atoms with van der Waals surface area (Å²) in [7, 11) is 0. The maximum atomic E-state index is 14.2. The molecule has 4 aromatic carbocycles. The van der Waals surface area contributed by atoms with Crippen molar-refractivity contribution >= 4 is 14.4 Å². The molecule has 1 unspecified atom stereocenters. The number of hydrogen-bond donors (Lipinski definition) is 0. The predicted molar refractivity (Wildman–Crippen MR) is 232 cm³/mol. The van der Waals surface area contributed by atoms with Gasteiger partial charge in [-0.2, -0.15) is 0 Å². The largest absolute Gasteiger partial charge is 1.00 e. The second kappa shape index (κ2) is 16.6. The molecule has 0 radical (unpaired) electrons. The zero-order valence-corrected chi connectivity index (χ0v) is 41.0. The van der Waals surface area contributed by atoms with Crippen LogP contribution >= 0.6 is 0 Å². The number of benzene rings is 4. The van der Waals surface area contributed by atoms with Gasteiger partial charge in [-0.1, -0.05) is 0 Å². The SMILES string of the molecule is CCCCC1C=C(C(C)(C)C)C=[C]1[Zr+2](=[C](c1ccc(C(F)(F)F)cc1)c1ccc(C(F)(F)F)cc1)[CH]1c2cc3c(cc2-c2cc4c(cc21)C(C)(C)C=C4C)C(C)=CC3(C)C.[Cl-].[Cl-]. The van der Waals surface area contributed by atoms with Crippen LogP contribution in [0.1, 0.15) is 148 Å². The van der Waals surface area contributed by atoms with Crippen LogP contribution < -0.4 is 24.8 Å². The molecule has 0 nitrogen and oxygen atoms in total. The summed E-state index contributed by atoms with van der Waals surface area (Å²) in [4.78, 5) is 0. The van der Waals surface area contributed by atoms with Gasteiger partial charge in [0.25, 0.3) is 0 Å². The molecule has 0 aromatic heterocycles. The Bertz CT molecular complexity index is 2440. The third kappa shape index (κ3) is 8.42. The van der Waals surface area contributed by atoms with Gasteiger partial charge in [-0.25, -0.2) is 0 Å². The summed E-state index contributed by atoms with van der Waals surface area (Å²) in [5.41, 5.74) is 12.7. The summed E-state index contributed by atoms with van der Waals surface area (Å²) in [6, 6.07) is 20.4. The topological polar surface area (TPSA) is 0 Å². The van der Waals surface area contributed by atoms with Crippen molar-refractivity contribution in [3.05, 3.63) is 162 Å². The van der Waals surface area contributed by atoms with E-state index >= 15 is 0 Å². The second-order valence-corrected chi connectivity index (χ2v) is 25.8. The number of rotatable bonds is 7. The summed E-state index contributed by atoms with van der Waals surface area (Å²) in [5, 5.41) is 0. The van der Waals surface area contributed by atoms with Gasteiger partial charge < -0.3 is 24.8 Å². The Balaban J connectivity index is 0.00000321. The van der Waals surface area contributed by atoms with Crippen LogP contribution in [-0.4, -0.2) is 3.21 Å². The first-order valence-corrected chi connectivity index (χ1v) is 25.1. The molecule has 62 heavy (non-hydrogen) atoms.